The van der Waals surface area contributed by atoms with E-state index in [2.05, 4.69) is 21.1 Å². The minimum atomic E-state index is -1.06. The summed E-state index contributed by atoms with van der Waals surface area (Å²) in [6, 6.07) is 14.6. The van der Waals surface area contributed by atoms with Crippen molar-refractivity contribution < 1.29 is 24.4 Å². The van der Waals surface area contributed by atoms with E-state index in [-0.39, 0.29) is 22.8 Å². The van der Waals surface area contributed by atoms with E-state index in [9.17, 15) is 40.5 Å². The Morgan fingerprint density at radius 1 is 0.738 bits per heavy atom. The topological polar surface area (TPSA) is 254 Å². The molecule has 212 valence electrons. The molecule has 0 spiro atoms. The fraction of sp³-hybridized carbons (Fsp3) is 0.0417. The summed E-state index contributed by atoms with van der Waals surface area (Å²) in [5.41, 5.74) is 2.41. The average Bonchev–Trinajstić information content (AvgIpc) is 3.27. The lowest BCUT2D eigenvalue weighted by atomic mass is 10.1. The number of nitrogens with zero attached hydrogens (tertiary/aromatic N) is 6. The predicted molar refractivity (Wildman–Crippen MR) is 150 cm³/mol. The van der Waals surface area contributed by atoms with E-state index in [4.69, 9.17) is 10.1 Å². The molecule has 3 N–H and O–H groups in total. The molecule has 0 aromatic heterocycles. The van der Waals surface area contributed by atoms with Gasteiger partial charge >= 0.3 is 11.4 Å². The Hall–Kier alpha value is -6.59. The minimum Gasteiger partial charge on any atom is -0.462 e. The predicted octanol–water partition coefficient (Wildman–Crippen LogP) is 4.64. The van der Waals surface area contributed by atoms with Crippen molar-refractivity contribution in [3.8, 4) is 0 Å². The standard InChI is InChI=1S/C24H17N9O9/c25-24-23(29-27-18-10-8-16(31(36)37)13-20(18)33(40)41)22(21(42-24)11-6-14-4-2-1-3-5-14)28-26-17-9-7-15(30(34)35)12-19(17)32(38)39/h1-13,21,25-27H/b11-6+,25-24?,28-22+,29-23+/t21-/m0/s1. The number of anilines is 2. The molecule has 0 amide bonds. The van der Waals surface area contributed by atoms with Crippen molar-refractivity contribution in [1.29, 1.82) is 5.41 Å². The van der Waals surface area contributed by atoms with Crippen LogP contribution in [0.5, 0.6) is 0 Å². The molecule has 1 aliphatic rings. The van der Waals surface area contributed by atoms with Gasteiger partial charge in [0.25, 0.3) is 11.4 Å². The summed E-state index contributed by atoms with van der Waals surface area (Å²) in [6.07, 6.45) is 2.11. The molecule has 0 aliphatic carbocycles. The molecule has 0 unspecified atom stereocenters. The Morgan fingerprint density at radius 3 is 1.76 bits per heavy atom. The number of hydrogen-bond donors (Lipinski definition) is 3. The van der Waals surface area contributed by atoms with Gasteiger partial charge in [0.1, 0.15) is 17.1 Å². The maximum Gasteiger partial charge on any atom is 0.301 e. The summed E-state index contributed by atoms with van der Waals surface area (Å²) in [7, 11) is 0. The molecule has 1 atom stereocenters. The summed E-state index contributed by atoms with van der Waals surface area (Å²) in [5.74, 6) is -0.520. The first-order valence-electron chi connectivity index (χ1n) is 11.6. The second-order valence-corrected chi connectivity index (χ2v) is 8.25. The number of hydrogen-bond acceptors (Lipinski definition) is 14. The molecule has 0 radical (unpaired) electrons. The SMILES string of the molecule is N=C1O[C@@H](/C=C/c2ccccc2)C(=N\Nc2ccc([N+](=O)[O-])cc2[N+](=O)[O-])/C1=N\Nc1ccc([N+](=O)[O-])cc1[N+](=O)[O-]. The first-order chi connectivity index (χ1) is 20.0. The number of non-ortho nitro benzene ring substituents is 2. The maximum atomic E-state index is 11.5. The van der Waals surface area contributed by atoms with Gasteiger partial charge < -0.3 is 4.74 Å². The third-order valence-electron chi connectivity index (χ3n) is 5.60. The van der Waals surface area contributed by atoms with Gasteiger partial charge in [0, 0.05) is 12.1 Å². The number of hydrazone groups is 2. The van der Waals surface area contributed by atoms with Crippen molar-refractivity contribution in [2.45, 2.75) is 6.10 Å². The first-order valence-corrected chi connectivity index (χ1v) is 11.6. The average molecular weight is 575 g/mol. The first kappa shape index (κ1) is 28.4. The number of rotatable bonds is 10. The second-order valence-electron chi connectivity index (χ2n) is 8.25. The van der Waals surface area contributed by atoms with Crippen molar-refractivity contribution in [1.82, 2.24) is 0 Å². The summed E-state index contributed by atoms with van der Waals surface area (Å²) >= 11 is 0. The highest BCUT2D eigenvalue weighted by Gasteiger charge is 2.35. The number of nitrogens with one attached hydrogen (secondary N) is 3. The van der Waals surface area contributed by atoms with Crippen LogP contribution in [-0.2, 0) is 4.74 Å². The summed E-state index contributed by atoms with van der Waals surface area (Å²) < 4.78 is 5.55. The molecule has 1 heterocycles. The van der Waals surface area contributed by atoms with Crippen molar-refractivity contribution >= 4 is 57.5 Å². The summed E-state index contributed by atoms with van der Waals surface area (Å²) in [6.45, 7) is 0. The fourth-order valence-electron chi connectivity index (χ4n) is 3.60. The van der Waals surface area contributed by atoms with Gasteiger partial charge in [-0.3, -0.25) is 56.7 Å². The fourth-order valence-corrected chi connectivity index (χ4v) is 3.60. The quantitative estimate of drug-likeness (QED) is 0.221. The van der Waals surface area contributed by atoms with Crippen LogP contribution in [0, 0.1) is 45.9 Å². The molecule has 0 bridgehead atoms. The van der Waals surface area contributed by atoms with Gasteiger partial charge in [-0.15, -0.1) is 0 Å². The smallest absolute Gasteiger partial charge is 0.301 e. The third kappa shape index (κ3) is 6.34. The molecule has 1 saturated heterocycles. The minimum absolute atomic E-state index is 0.0862. The van der Waals surface area contributed by atoms with Gasteiger partial charge in [0.05, 0.1) is 31.8 Å². The van der Waals surface area contributed by atoms with E-state index in [0.29, 0.717) is 0 Å². The Morgan fingerprint density at radius 2 is 1.26 bits per heavy atom. The van der Waals surface area contributed by atoms with Crippen LogP contribution in [0.3, 0.4) is 0 Å². The summed E-state index contributed by atoms with van der Waals surface area (Å²) in [4.78, 5) is 41.8. The van der Waals surface area contributed by atoms with Crippen LogP contribution in [0.2, 0.25) is 0 Å². The molecule has 1 aliphatic heterocycles. The van der Waals surface area contributed by atoms with Crippen molar-refractivity contribution in [3.05, 3.63) is 119 Å². The second kappa shape index (κ2) is 12.1. The van der Waals surface area contributed by atoms with Crippen LogP contribution >= 0.6 is 0 Å². The van der Waals surface area contributed by atoms with Gasteiger partial charge in [-0.25, -0.2) is 0 Å². The highest BCUT2D eigenvalue weighted by Crippen LogP contribution is 2.30. The molecule has 18 nitrogen and oxygen atoms in total. The largest absolute Gasteiger partial charge is 0.462 e. The lowest BCUT2D eigenvalue weighted by molar-refractivity contribution is -0.393. The molecular weight excluding hydrogens is 558 g/mol. The van der Waals surface area contributed by atoms with E-state index >= 15 is 0 Å². The van der Waals surface area contributed by atoms with Crippen LogP contribution in [0.15, 0.2) is 83.0 Å². The van der Waals surface area contributed by atoms with E-state index in [1.54, 1.807) is 36.4 Å². The maximum absolute atomic E-state index is 11.5. The molecular formula is C24H17N9O9. The molecule has 0 saturated carbocycles. The zero-order valence-corrected chi connectivity index (χ0v) is 20.9. The monoisotopic (exact) mass is 575 g/mol. The third-order valence-corrected chi connectivity index (χ3v) is 5.60. The van der Waals surface area contributed by atoms with E-state index in [1.165, 1.54) is 6.08 Å². The number of nitro benzene ring substituents is 4. The zero-order chi connectivity index (χ0) is 30.4. The highest BCUT2D eigenvalue weighted by atomic mass is 16.6. The Labute approximate surface area is 233 Å². The van der Waals surface area contributed by atoms with Crippen LogP contribution < -0.4 is 10.9 Å². The Bertz CT molecular complexity index is 1700. The van der Waals surface area contributed by atoms with Gasteiger partial charge in [0.2, 0.25) is 5.90 Å². The van der Waals surface area contributed by atoms with Crippen LogP contribution in [0.1, 0.15) is 5.56 Å². The summed E-state index contributed by atoms with van der Waals surface area (Å²) in [5, 5.41) is 61.5. The normalized spacial score (nSPS) is 16.4. The molecule has 18 heteroatoms. The molecule has 42 heavy (non-hydrogen) atoms. The van der Waals surface area contributed by atoms with Crippen LogP contribution in [-0.4, -0.2) is 43.1 Å². The Balaban J connectivity index is 1.74. The molecule has 4 rings (SSSR count). The molecule has 3 aromatic rings. The molecule has 1 fully saturated rings. The van der Waals surface area contributed by atoms with Crippen molar-refractivity contribution in [2.75, 3.05) is 10.9 Å². The Kier molecular flexibility index (Phi) is 8.17. The van der Waals surface area contributed by atoms with Gasteiger partial charge in [-0.05, 0) is 23.8 Å². The zero-order valence-electron chi connectivity index (χ0n) is 20.9. The van der Waals surface area contributed by atoms with Gasteiger partial charge in [0.15, 0.2) is 11.8 Å². The van der Waals surface area contributed by atoms with Gasteiger partial charge in [-0.2, -0.15) is 10.2 Å². The van der Waals surface area contributed by atoms with Crippen LogP contribution in [0.25, 0.3) is 6.08 Å². The van der Waals surface area contributed by atoms with Gasteiger partial charge in [-0.1, -0.05) is 36.4 Å². The van der Waals surface area contributed by atoms with Crippen molar-refractivity contribution in [2.24, 2.45) is 10.2 Å². The van der Waals surface area contributed by atoms with E-state index in [0.717, 1.165) is 42.0 Å². The van der Waals surface area contributed by atoms with Crippen LogP contribution in [0.4, 0.5) is 34.1 Å². The lowest BCUT2D eigenvalue weighted by Gasteiger charge is -2.07. The lowest BCUT2D eigenvalue weighted by Crippen LogP contribution is -2.22. The van der Waals surface area contributed by atoms with E-state index < -0.39 is 54.4 Å². The number of ether oxygens (including phenoxy) is 1. The van der Waals surface area contributed by atoms with Crippen molar-refractivity contribution in [3.63, 3.8) is 0 Å². The number of benzene rings is 3. The van der Waals surface area contributed by atoms with E-state index in [1.807, 2.05) is 0 Å². The molecule has 3 aromatic carbocycles. The number of nitro groups is 4. The highest BCUT2D eigenvalue weighted by molar-refractivity contribution is 6.70.